The molecule has 0 atom stereocenters. The average Bonchev–Trinajstić information content (AvgIpc) is 2.34. The van der Waals surface area contributed by atoms with Crippen LogP contribution < -0.4 is 5.01 Å². The van der Waals surface area contributed by atoms with Crippen LogP contribution in [0.1, 0.15) is 0 Å². The molecule has 10 heavy (non-hydrogen) atoms. The Bertz CT molecular complexity index is 231. The third-order valence-electron chi connectivity index (χ3n) is 1.01. The second kappa shape index (κ2) is 2.38. The summed E-state index contributed by atoms with van der Waals surface area (Å²) in [6.07, 6.45) is 0. The predicted molar refractivity (Wildman–Crippen MR) is 33.0 cm³/mol. The first kappa shape index (κ1) is 6.59. The molecule has 0 saturated heterocycles. The molecule has 0 aliphatic heterocycles. The van der Waals surface area contributed by atoms with Crippen LogP contribution in [0.25, 0.3) is 0 Å². The zero-order chi connectivity index (χ0) is 7.56. The molecule has 0 saturated carbocycles. The van der Waals surface area contributed by atoms with Crippen molar-refractivity contribution in [3.63, 3.8) is 0 Å². The van der Waals surface area contributed by atoms with Crippen LogP contribution in [0.15, 0.2) is 5.29 Å². The van der Waals surface area contributed by atoms with Crippen molar-refractivity contribution in [2.24, 2.45) is 12.3 Å². The highest BCUT2D eigenvalue weighted by molar-refractivity contribution is 5.22. The van der Waals surface area contributed by atoms with Gasteiger partial charge in [-0.25, -0.2) is 4.68 Å². The summed E-state index contributed by atoms with van der Waals surface area (Å²) in [6.45, 7) is 0. The lowest BCUT2D eigenvalue weighted by atomic mass is 10.9. The lowest BCUT2D eigenvalue weighted by Gasteiger charge is -2.02. The van der Waals surface area contributed by atoms with E-state index in [1.807, 2.05) is 0 Å². The van der Waals surface area contributed by atoms with E-state index in [-0.39, 0.29) is 0 Å². The van der Waals surface area contributed by atoms with Crippen LogP contribution in [0.3, 0.4) is 0 Å². The minimum absolute atomic E-state index is 0.315. The highest BCUT2D eigenvalue weighted by Crippen LogP contribution is 2.01. The monoisotopic (exact) mass is 142 g/mol. The second-order valence-corrected chi connectivity index (χ2v) is 1.71. The van der Waals surface area contributed by atoms with Gasteiger partial charge in [0, 0.05) is 14.1 Å². The van der Waals surface area contributed by atoms with E-state index in [0.29, 0.717) is 5.95 Å². The standard InChI is InChI=1S/C3H6N6O/c1-8-3(4-5-6-8)9(2)7-10/h1-2H3. The van der Waals surface area contributed by atoms with E-state index < -0.39 is 0 Å². The van der Waals surface area contributed by atoms with Gasteiger partial charge in [0.2, 0.25) is 0 Å². The van der Waals surface area contributed by atoms with Crippen molar-refractivity contribution in [2.75, 3.05) is 12.1 Å². The first-order chi connectivity index (χ1) is 4.75. The van der Waals surface area contributed by atoms with Gasteiger partial charge in [-0.05, 0) is 10.4 Å². The number of aryl methyl sites for hydroxylation is 1. The Balaban J connectivity index is 2.92. The largest absolute Gasteiger partial charge is 0.268 e. The number of hydrogen-bond acceptors (Lipinski definition) is 5. The molecule has 7 heteroatoms. The van der Waals surface area contributed by atoms with Crippen LogP contribution >= 0.6 is 0 Å². The smallest absolute Gasteiger partial charge is 0.213 e. The first-order valence-electron chi connectivity index (χ1n) is 2.55. The van der Waals surface area contributed by atoms with E-state index in [1.165, 1.54) is 11.7 Å². The summed E-state index contributed by atoms with van der Waals surface area (Å²) >= 11 is 0. The van der Waals surface area contributed by atoms with Gasteiger partial charge in [0.05, 0.1) is 5.29 Å². The zero-order valence-electron chi connectivity index (χ0n) is 5.59. The van der Waals surface area contributed by atoms with Gasteiger partial charge < -0.3 is 0 Å². The lowest BCUT2D eigenvalue weighted by Crippen LogP contribution is -2.12. The van der Waals surface area contributed by atoms with E-state index in [1.54, 1.807) is 7.05 Å². The van der Waals surface area contributed by atoms with Gasteiger partial charge in [-0.2, -0.15) is 5.01 Å². The molecule has 0 aliphatic rings. The summed E-state index contributed by atoms with van der Waals surface area (Å²) in [5.41, 5.74) is 0. The SMILES string of the molecule is CN(N=O)c1nnnn1C. The molecule has 0 unspecified atom stereocenters. The number of aromatic nitrogens is 4. The van der Waals surface area contributed by atoms with Gasteiger partial charge in [0.15, 0.2) is 0 Å². The molecule has 1 rings (SSSR count). The Morgan fingerprint density at radius 2 is 2.40 bits per heavy atom. The fourth-order valence-corrected chi connectivity index (χ4v) is 0.535. The number of nitrogens with zero attached hydrogens (tertiary/aromatic N) is 6. The minimum Gasteiger partial charge on any atom is -0.213 e. The molecule has 0 N–H and O–H groups in total. The van der Waals surface area contributed by atoms with Crippen molar-refractivity contribution in [2.45, 2.75) is 0 Å². The maximum absolute atomic E-state index is 9.92. The highest BCUT2D eigenvalue weighted by Gasteiger charge is 2.06. The van der Waals surface area contributed by atoms with Crippen molar-refractivity contribution in [3.8, 4) is 0 Å². The molecule has 0 radical (unpaired) electrons. The number of nitroso groups, excluding NO2 is 1. The third-order valence-corrected chi connectivity index (χ3v) is 1.01. The molecular formula is C3H6N6O. The van der Waals surface area contributed by atoms with Gasteiger partial charge >= 0.3 is 0 Å². The van der Waals surface area contributed by atoms with Crippen LogP contribution in [-0.2, 0) is 7.05 Å². The fourth-order valence-electron chi connectivity index (χ4n) is 0.535. The van der Waals surface area contributed by atoms with Crippen molar-refractivity contribution in [1.82, 2.24) is 20.2 Å². The zero-order valence-corrected chi connectivity index (χ0v) is 5.59. The van der Waals surface area contributed by atoms with Crippen LogP contribution in [0.4, 0.5) is 5.95 Å². The molecule has 0 spiro atoms. The quantitative estimate of drug-likeness (QED) is 0.404. The van der Waals surface area contributed by atoms with E-state index in [2.05, 4.69) is 20.8 Å². The van der Waals surface area contributed by atoms with Gasteiger partial charge in [0.1, 0.15) is 0 Å². The van der Waals surface area contributed by atoms with Crippen LogP contribution in [0.5, 0.6) is 0 Å². The third kappa shape index (κ3) is 0.925. The van der Waals surface area contributed by atoms with Gasteiger partial charge in [0.25, 0.3) is 5.95 Å². The summed E-state index contributed by atoms with van der Waals surface area (Å²) in [5, 5.41) is 14.0. The molecule has 0 aromatic carbocycles. The Morgan fingerprint density at radius 3 is 2.80 bits per heavy atom. The molecule has 0 aliphatic carbocycles. The van der Waals surface area contributed by atoms with Crippen molar-refractivity contribution >= 4 is 5.95 Å². The molecule has 0 bridgehead atoms. The van der Waals surface area contributed by atoms with Crippen molar-refractivity contribution in [1.29, 1.82) is 0 Å². The number of hydrogen-bond donors (Lipinski definition) is 0. The Hall–Kier alpha value is -1.53. The first-order valence-corrected chi connectivity index (χ1v) is 2.55. The highest BCUT2D eigenvalue weighted by atomic mass is 16.3. The van der Waals surface area contributed by atoms with E-state index >= 15 is 0 Å². The summed E-state index contributed by atoms with van der Waals surface area (Å²) < 4.78 is 1.35. The van der Waals surface area contributed by atoms with Gasteiger partial charge in [-0.15, -0.1) is 4.91 Å². The van der Waals surface area contributed by atoms with E-state index in [0.717, 1.165) is 5.01 Å². The van der Waals surface area contributed by atoms with Crippen molar-refractivity contribution < 1.29 is 0 Å². The molecule has 1 aromatic heterocycles. The van der Waals surface area contributed by atoms with Gasteiger partial charge in [-0.1, -0.05) is 5.10 Å². The summed E-state index contributed by atoms with van der Waals surface area (Å²) in [6, 6.07) is 0. The molecule has 7 nitrogen and oxygen atoms in total. The second-order valence-electron chi connectivity index (χ2n) is 1.71. The summed E-state index contributed by atoms with van der Waals surface area (Å²) in [4.78, 5) is 9.92. The number of anilines is 1. The molecule has 1 aromatic rings. The maximum Gasteiger partial charge on any atom is 0.268 e. The minimum atomic E-state index is 0.315. The lowest BCUT2D eigenvalue weighted by molar-refractivity contribution is 0.700. The van der Waals surface area contributed by atoms with Crippen molar-refractivity contribution in [3.05, 3.63) is 4.91 Å². The Morgan fingerprint density at radius 1 is 1.70 bits per heavy atom. The molecule has 0 amide bonds. The van der Waals surface area contributed by atoms with Gasteiger partial charge in [-0.3, -0.25) is 0 Å². The normalized spacial score (nSPS) is 9.40. The fraction of sp³-hybridized carbons (Fsp3) is 0.667. The van der Waals surface area contributed by atoms with E-state index in [4.69, 9.17) is 0 Å². The summed E-state index contributed by atoms with van der Waals surface area (Å²) in [5.74, 6) is 0.315. The Labute approximate surface area is 56.6 Å². The molecule has 0 fully saturated rings. The topological polar surface area (TPSA) is 76.3 Å². The number of tetrazole rings is 1. The van der Waals surface area contributed by atoms with Crippen LogP contribution in [-0.4, -0.2) is 27.3 Å². The average molecular weight is 142 g/mol. The molecule has 1 heterocycles. The van der Waals surface area contributed by atoms with E-state index in [9.17, 15) is 4.91 Å². The molecular weight excluding hydrogens is 136 g/mol. The Kier molecular flexibility index (Phi) is 1.57. The van der Waals surface area contributed by atoms with Crippen LogP contribution in [0, 0.1) is 4.91 Å². The summed E-state index contributed by atoms with van der Waals surface area (Å²) in [7, 11) is 3.09. The predicted octanol–water partition coefficient (Wildman–Crippen LogP) is -0.672. The van der Waals surface area contributed by atoms with Crippen LogP contribution in [0.2, 0.25) is 0 Å². The number of rotatable bonds is 2. The maximum atomic E-state index is 9.92. The molecule has 54 valence electrons.